The van der Waals surface area contributed by atoms with Gasteiger partial charge in [-0.15, -0.1) is 11.3 Å². The first-order valence-electron chi connectivity index (χ1n) is 6.48. The summed E-state index contributed by atoms with van der Waals surface area (Å²) in [4.78, 5) is 5.62. The van der Waals surface area contributed by atoms with Gasteiger partial charge in [0.05, 0.1) is 5.69 Å². The van der Waals surface area contributed by atoms with Gasteiger partial charge in [0, 0.05) is 24.3 Å². The average molecular weight is 271 g/mol. The molecule has 0 radical (unpaired) electrons. The molecule has 0 atom stereocenters. The molecule has 0 aliphatic rings. The van der Waals surface area contributed by atoms with Crippen LogP contribution in [0.4, 0.5) is 0 Å². The van der Waals surface area contributed by atoms with Crippen molar-refractivity contribution in [2.45, 2.75) is 19.9 Å². The molecule has 0 fully saturated rings. The molecule has 2 aromatic heterocycles. The molecule has 3 nitrogen and oxygen atoms in total. The molecule has 2 heterocycles. The zero-order chi connectivity index (χ0) is 13.1. The maximum Gasteiger partial charge on any atom is 0.193 e. The molecule has 1 aromatic carbocycles. The smallest absolute Gasteiger partial charge is 0.193 e. The normalized spacial score (nSPS) is 11.2. The number of hydrogen-bond donors (Lipinski definition) is 1. The summed E-state index contributed by atoms with van der Waals surface area (Å²) in [6, 6.07) is 8.68. The molecule has 3 aromatic rings. The van der Waals surface area contributed by atoms with Gasteiger partial charge in [-0.3, -0.25) is 4.40 Å². The van der Waals surface area contributed by atoms with E-state index in [2.05, 4.69) is 57.5 Å². The van der Waals surface area contributed by atoms with Crippen molar-refractivity contribution in [2.24, 2.45) is 0 Å². The summed E-state index contributed by atoms with van der Waals surface area (Å²) in [5.41, 5.74) is 3.82. The van der Waals surface area contributed by atoms with Crippen LogP contribution in [0.1, 0.15) is 16.8 Å². The van der Waals surface area contributed by atoms with E-state index in [1.807, 2.05) is 6.20 Å². The molecule has 0 bridgehead atoms. The predicted octanol–water partition coefficient (Wildman–Crippen LogP) is 3.04. The van der Waals surface area contributed by atoms with Gasteiger partial charge in [0.1, 0.15) is 0 Å². The third-order valence-corrected chi connectivity index (χ3v) is 3.89. The van der Waals surface area contributed by atoms with E-state index < -0.39 is 0 Å². The molecule has 0 spiro atoms. The molecule has 4 heteroatoms. The minimum Gasteiger partial charge on any atom is -0.311 e. The lowest BCUT2D eigenvalue weighted by Gasteiger charge is -2.04. The van der Waals surface area contributed by atoms with E-state index in [1.54, 1.807) is 11.3 Å². The van der Waals surface area contributed by atoms with Gasteiger partial charge in [0.15, 0.2) is 4.96 Å². The summed E-state index contributed by atoms with van der Waals surface area (Å²) in [6.45, 7) is 3.95. The number of nitrogens with zero attached hydrogens (tertiary/aromatic N) is 2. The van der Waals surface area contributed by atoms with Crippen LogP contribution in [0, 0.1) is 6.92 Å². The first kappa shape index (κ1) is 12.4. The van der Waals surface area contributed by atoms with Crippen molar-refractivity contribution in [3.05, 3.63) is 58.9 Å². The Hall–Kier alpha value is -1.65. The van der Waals surface area contributed by atoms with Crippen molar-refractivity contribution < 1.29 is 0 Å². The Morgan fingerprint density at radius 2 is 2.32 bits per heavy atom. The van der Waals surface area contributed by atoms with E-state index in [0.717, 1.165) is 30.2 Å². The summed E-state index contributed by atoms with van der Waals surface area (Å²) in [5.74, 6) is 0. The maximum atomic E-state index is 4.55. The number of aryl methyl sites for hydroxylation is 1. The Balaban J connectivity index is 1.49. The topological polar surface area (TPSA) is 29.3 Å². The third-order valence-electron chi connectivity index (χ3n) is 3.12. The number of imidazole rings is 1. The Morgan fingerprint density at radius 1 is 1.37 bits per heavy atom. The quantitative estimate of drug-likeness (QED) is 0.723. The molecule has 19 heavy (non-hydrogen) atoms. The van der Waals surface area contributed by atoms with Gasteiger partial charge in [0.2, 0.25) is 0 Å². The molecule has 0 saturated heterocycles. The van der Waals surface area contributed by atoms with Crippen LogP contribution in [0.15, 0.2) is 42.0 Å². The Bertz CT molecular complexity index is 640. The fraction of sp³-hybridized carbons (Fsp3) is 0.267. The van der Waals surface area contributed by atoms with E-state index in [9.17, 15) is 0 Å². The molecule has 1 N–H and O–H groups in total. The molecule has 0 aliphatic carbocycles. The largest absolute Gasteiger partial charge is 0.311 e. The van der Waals surface area contributed by atoms with Gasteiger partial charge in [-0.2, -0.15) is 0 Å². The SMILES string of the molecule is Cc1cccc(CCNCc2cn3ccsc3n2)c1. The molecule has 0 unspecified atom stereocenters. The molecular formula is C15H17N3S. The van der Waals surface area contributed by atoms with Crippen molar-refractivity contribution in [3.8, 4) is 0 Å². The number of rotatable bonds is 5. The summed E-state index contributed by atoms with van der Waals surface area (Å²) in [7, 11) is 0. The van der Waals surface area contributed by atoms with Crippen LogP contribution in [0.3, 0.4) is 0 Å². The van der Waals surface area contributed by atoms with Crippen LogP contribution in [-0.2, 0) is 13.0 Å². The van der Waals surface area contributed by atoms with Gasteiger partial charge in [-0.05, 0) is 25.5 Å². The zero-order valence-electron chi connectivity index (χ0n) is 11.0. The Morgan fingerprint density at radius 3 is 3.16 bits per heavy atom. The second-order valence-corrected chi connectivity index (χ2v) is 5.61. The van der Waals surface area contributed by atoms with Crippen LogP contribution < -0.4 is 5.32 Å². The standard InChI is InChI=1S/C15H17N3S/c1-12-3-2-4-13(9-12)5-6-16-10-14-11-18-7-8-19-15(18)17-14/h2-4,7-9,11,16H,5-6,10H2,1H3. The van der Waals surface area contributed by atoms with E-state index >= 15 is 0 Å². The fourth-order valence-electron chi connectivity index (χ4n) is 2.18. The Kier molecular flexibility index (Phi) is 3.62. The molecule has 0 saturated carbocycles. The highest BCUT2D eigenvalue weighted by Crippen LogP contribution is 2.11. The Labute approximate surface area is 116 Å². The lowest BCUT2D eigenvalue weighted by atomic mass is 10.1. The van der Waals surface area contributed by atoms with Crippen molar-refractivity contribution in [1.82, 2.24) is 14.7 Å². The van der Waals surface area contributed by atoms with E-state index in [1.165, 1.54) is 11.1 Å². The van der Waals surface area contributed by atoms with Gasteiger partial charge in [-0.25, -0.2) is 4.98 Å². The second kappa shape index (κ2) is 5.55. The lowest BCUT2D eigenvalue weighted by molar-refractivity contribution is 0.677. The minimum absolute atomic E-state index is 0.834. The number of nitrogens with one attached hydrogen (secondary N) is 1. The van der Waals surface area contributed by atoms with Crippen LogP contribution >= 0.6 is 11.3 Å². The predicted molar refractivity (Wildman–Crippen MR) is 79.7 cm³/mol. The van der Waals surface area contributed by atoms with Gasteiger partial charge < -0.3 is 5.32 Å². The fourth-order valence-corrected chi connectivity index (χ4v) is 2.90. The summed E-state index contributed by atoms with van der Waals surface area (Å²) < 4.78 is 2.07. The van der Waals surface area contributed by atoms with Gasteiger partial charge >= 0.3 is 0 Å². The summed E-state index contributed by atoms with van der Waals surface area (Å²) in [5, 5.41) is 5.50. The summed E-state index contributed by atoms with van der Waals surface area (Å²) in [6.07, 6.45) is 5.19. The van der Waals surface area contributed by atoms with E-state index in [0.29, 0.717) is 0 Å². The number of benzene rings is 1. The molecular weight excluding hydrogens is 254 g/mol. The monoisotopic (exact) mass is 271 g/mol. The average Bonchev–Trinajstić information content (AvgIpc) is 2.95. The van der Waals surface area contributed by atoms with Gasteiger partial charge in [-0.1, -0.05) is 29.8 Å². The number of aromatic nitrogens is 2. The zero-order valence-corrected chi connectivity index (χ0v) is 11.8. The second-order valence-electron chi connectivity index (χ2n) is 4.74. The van der Waals surface area contributed by atoms with Crippen LogP contribution in [0.25, 0.3) is 4.96 Å². The minimum atomic E-state index is 0.834. The first-order chi connectivity index (χ1) is 9.31. The number of thiazole rings is 1. The number of hydrogen-bond acceptors (Lipinski definition) is 3. The van der Waals surface area contributed by atoms with Crippen molar-refractivity contribution in [1.29, 1.82) is 0 Å². The van der Waals surface area contributed by atoms with E-state index in [4.69, 9.17) is 0 Å². The van der Waals surface area contributed by atoms with E-state index in [-0.39, 0.29) is 0 Å². The van der Waals surface area contributed by atoms with Crippen molar-refractivity contribution in [2.75, 3.05) is 6.54 Å². The molecule has 3 rings (SSSR count). The summed E-state index contributed by atoms with van der Waals surface area (Å²) >= 11 is 1.67. The van der Waals surface area contributed by atoms with Crippen molar-refractivity contribution in [3.63, 3.8) is 0 Å². The number of fused-ring (bicyclic) bond motifs is 1. The maximum absolute atomic E-state index is 4.55. The van der Waals surface area contributed by atoms with Gasteiger partial charge in [0.25, 0.3) is 0 Å². The first-order valence-corrected chi connectivity index (χ1v) is 7.36. The highest BCUT2D eigenvalue weighted by molar-refractivity contribution is 7.15. The molecule has 98 valence electrons. The van der Waals surface area contributed by atoms with Crippen LogP contribution in [-0.4, -0.2) is 15.9 Å². The van der Waals surface area contributed by atoms with Crippen LogP contribution in [0.2, 0.25) is 0 Å². The van der Waals surface area contributed by atoms with Crippen LogP contribution in [0.5, 0.6) is 0 Å². The lowest BCUT2D eigenvalue weighted by Crippen LogP contribution is -2.16. The molecule has 0 aliphatic heterocycles. The highest BCUT2D eigenvalue weighted by atomic mass is 32.1. The molecule has 0 amide bonds. The van der Waals surface area contributed by atoms with Crippen molar-refractivity contribution >= 4 is 16.3 Å². The highest BCUT2D eigenvalue weighted by Gasteiger charge is 2.01. The third kappa shape index (κ3) is 3.03.